The molecule has 1 unspecified atom stereocenters. The summed E-state index contributed by atoms with van der Waals surface area (Å²) in [6, 6.07) is 5.53. The normalized spacial score (nSPS) is 11.2. The van der Waals surface area contributed by atoms with Gasteiger partial charge in [0.1, 0.15) is 17.6 Å². The van der Waals surface area contributed by atoms with Crippen LogP contribution in [0, 0.1) is 17.1 Å². The van der Waals surface area contributed by atoms with Gasteiger partial charge in [0.25, 0.3) is 5.91 Å². The molecule has 0 radical (unpaired) electrons. The van der Waals surface area contributed by atoms with Crippen molar-refractivity contribution in [2.45, 2.75) is 13.0 Å². The van der Waals surface area contributed by atoms with E-state index in [1.807, 2.05) is 0 Å². The summed E-state index contributed by atoms with van der Waals surface area (Å²) in [4.78, 5) is 11.5. The minimum absolute atomic E-state index is 0.0638. The zero-order valence-corrected chi connectivity index (χ0v) is 9.94. The Balaban J connectivity index is 2.67. The van der Waals surface area contributed by atoms with Crippen molar-refractivity contribution in [3.63, 3.8) is 0 Å². The number of nitriles is 1. The number of rotatable bonds is 5. The monoisotopic (exact) mass is 248 g/mol. The number of hydrogen-bond donors (Lipinski definition) is 1. The van der Waals surface area contributed by atoms with Gasteiger partial charge in [0, 0.05) is 12.6 Å². The lowest BCUT2D eigenvalue weighted by Gasteiger charge is -2.14. The molecule has 0 spiro atoms. The second-order valence-corrected chi connectivity index (χ2v) is 3.55. The summed E-state index contributed by atoms with van der Waals surface area (Å²) >= 11 is 0. The fraction of sp³-hybridized carbons (Fsp3) is 0.231. The highest BCUT2D eigenvalue weighted by atomic mass is 19.1. The number of amides is 1. The van der Waals surface area contributed by atoms with Crippen LogP contribution in [0.4, 0.5) is 4.39 Å². The summed E-state index contributed by atoms with van der Waals surface area (Å²) in [5.41, 5.74) is -0.0638. The van der Waals surface area contributed by atoms with Crippen molar-refractivity contribution < 1.29 is 13.9 Å². The van der Waals surface area contributed by atoms with Crippen LogP contribution in [-0.4, -0.2) is 18.6 Å². The van der Waals surface area contributed by atoms with Crippen LogP contribution in [-0.2, 0) is 4.79 Å². The SMILES string of the molecule is C=CCNC(=O)C(C)Oc1ccc(C#N)c(F)c1. The van der Waals surface area contributed by atoms with E-state index in [4.69, 9.17) is 10.00 Å². The third-order valence-corrected chi connectivity index (χ3v) is 2.16. The van der Waals surface area contributed by atoms with E-state index in [2.05, 4.69) is 11.9 Å². The van der Waals surface area contributed by atoms with Crippen LogP contribution in [0.3, 0.4) is 0 Å². The van der Waals surface area contributed by atoms with Gasteiger partial charge in [-0.3, -0.25) is 4.79 Å². The van der Waals surface area contributed by atoms with E-state index in [-0.39, 0.29) is 17.2 Å². The average molecular weight is 248 g/mol. The lowest BCUT2D eigenvalue weighted by molar-refractivity contribution is -0.127. The Bertz CT molecular complexity index is 494. The van der Waals surface area contributed by atoms with Gasteiger partial charge in [-0.2, -0.15) is 5.26 Å². The van der Waals surface area contributed by atoms with Crippen LogP contribution >= 0.6 is 0 Å². The van der Waals surface area contributed by atoms with Crippen molar-refractivity contribution in [3.05, 3.63) is 42.2 Å². The van der Waals surface area contributed by atoms with Gasteiger partial charge in [-0.1, -0.05) is 6.08 Å². The second kappa shape index (κ2) is 6.40. The highest BCUT2D eigenvalue weighted by molar-refractivity contribution is 5.80. The fourth-order valence-electron chi connectivity index (χ4n) is 1.23. The van der Waals surface area contributed by atoms with Crippen molar-refractivity contribution in [1.82, 2.24) is 5.32 Å². The van der Waals surface area contributed by atoms with Gasteiger partial charge >= 0.3 is 0 Å². The number of benzene rings is 1. The Kier molecular flexibility index (Phi) is 4.88. The quantitative estimate of drug-likeness (QED) is 0.808. The second-order valence-electron chi connectivity index (χ2n) is 3.55. The first-order chi connectivity index (χ1) is 8.58. The maximum atomic E-state index is 13.3. The molecule has 1 N–H and O–H groups in total. The molecule has 0 aliphatic carbocycles. The summed E-state index contributed by atoms with van der Waals surface area (Å²) in [6.45, 7) is 5.36. The molecule has 0 fully saturated rings. The predicted octanol–water partition coefficient (Wildman–Crippen LogP) is 1.77. The molecule has 18 heavy (non-hydrogen) atoms. The maximum absolute atomic E-state index is 13.3. The number of ether oxygens (including phenoxy) is 1. The van der Waals surface area contributed by atoms with Gasteiger partial charge in [-0.15, -0.1) is 6.58 Å². The maximum Gasteiger partial charge on any atom is 0.261 e. The zero-order valence-electron chi connectivity index (χ0n) is 9.94. The van der Waals surface area contributed by atoms with E-state index in [1.165, 1.54) is 12.1 Å². The van der Waals surface area contributed by atoms with Gasteiger partial charge in [0.05, 0.1) is 5.56 Å². The smallest absolute Gasteiger partial charge is 0.261 e. The Morgan fingerprint density at radius 3 is 3.00 bits per heavy atom. The van der Waals surface area contributed by atoms with Crippen LogP contribution in [0.1, 0.15) is 12.5 Å². The summed E-state index contributed by atoms with van der Waals surface area (Å²) in [7, 11) is 0. The molecule has 0 bridgehead atoms. The van der Waals surface area contributed by atoms with Crippen molar-refractivity contribution in [1.29, 1.82) is 5.26 Å². The molecule has 0 aliphatic rings. The minimum atomic E-state index is -0.753. The van der Waals surface area contributed by atoms with E-state index in [0.717, 1.165) is 6.07 Å². The molecule has 0 aliphatic heterocycles. The molecule has 1 aromatic carbocycles. The largest absolute Gasteiger partial charge is 0.481 e. The standard InChI is InChI=1S/C13H13FN2O2/c1-3-6-16-13(17)9(2)18-11-5-4-10(8-15)12(14)7-11/h3-5,7,9H,1,6H2,2H3,(H,16,17). The first-order valence-electron chi connectivity index (χ1n) is 5.33. The number of hydrogen-bond acceptors (Lipinski definition) is 3. The van der Waals surface area contributed by atoms with Crippen LogP contribution in [0.5, 0.6) is 5.75 Å². The van der Waals surface area contributed by atoms with Crippen molar-refractivity contribution in [3.8, 4) is 11.8 Å². The third kappa shape index (κ3) is 3.59. The molecule has 0 heterocycles. The van der Waals surface area contributed by atoms with Crippen molar-refractivity contribution >= 4 is 5.91 Å². The predicted molar refractivity (Wildman–Crippen MR) is 64.4 cm³/mol. The van der Waals surface area contributed by atoms with E-state index in [0.29, 0.717) is 6.54 Å². The van der Waals surface area contributed by atoms with Gasteiger partial charge < -0.3 is 10.1 Å². The number of halogens is 1. The molecule has 0 saturated carbocycles. The van der Waals surface area contributed by atoms with Crippen LogP contribution in [0.25, 0.3) is 0 Å². The van der Waals surface area contributed by atoms with Gasteiger partial charge in [0.15, 0.2) is 6.10 Å². The van der Waals surface area contributed by atoms with Gasteiger partial charge in [-0.05, 0) is 19.1 Å². The van der Waals surface area contributed by atoms with E-state index < -0.39 is 11.9 Å². The summed E-state index contributed by atoms with van der Waals surface area (Å²) < 4.78 is 18.5. The van der Waals surface area contributed by atoms with Crippen LogP contribution in [0.15, 0.2) is 30.9 Å². The number of carbonyl (C=O) groups is 1. The summed E-state index contributed by atoms with van der Waals surface area (Å²) in [5.74, 6) is -0.791. The van der Waals surface area contributed by atoms with E-state index in [1.54, 1.807) is 19.1 Å². The van der Waals surface area contributed by atoms with E-state index in [9.17, 15) is 9.18 Å². The Morgan fingerprint density at radius 1 is 1.72 bits per heavy atom. The lowest BCUT2D eigenvalue weighted by atomic mass is 10.2. The molecule has 1 amide bonds. The molecule has 1 rings (SSSR count). The molecule has 4 nitrogen and oxygen atoms in total. The first kappa shape index (κ1) is 13.7. The van der Waals surface area contributed by atoms with Gasteiger partial charge in [-0.25, -0.2) is 4.39 Å². The van der Waals surface area contributed by atoms with E-state index >= 15 is 0 Å². The molecule has 94 valence electrons. The molecule has 0 saturated heterocycles. The minimum Gasteiger partial charge on any atom is -0.481 e. The highest BCUT2D eigenvalue weighted by Gasteiger charge is 2.14. The number of carbonyl (C=O) groups excluding carboxylic acids is 1. The van der Waals surface area contributed by atoms with Gasteiger partial charge in [0.2, 0.25) is 0 Å². The average Bonchev–Trinajstić information content (AvgIpc) is 2.36. The molecule has 0 aromatic heterocycles. The number of nitrogens with zero attached hydrogens (tertiary/aromatic N) is 1. The Labute approximate surface area is 105 Å². The third-order valence-electron chi connectivity index (χ3n) is 2.16. The van der Waals surface area contributed by atoms with Crippen LogP contribution < -0.4 is 10.1 Å². The zero-order chi connectivity index (χ0) is 13.5. The molecule has 5 heteroatoms. The molecule has 1 atom stereocenters. The van der Waals surface area contributed by atoms with Crippen LogP contribution in [0.2, 0.25) is 0 Å². The Morgan fingerprint density at radius 2 is 2.44 bits per heavy atom. The highest BCUT2D eigenvalue weighted by Crippen LogP contribution is 2.17. The first-order valence-corrected chi connectivity index (χ1v) is 5.33. The summed E-state index contributed by atoms with van der Waals surface area (Å²) in [5, 5.41) is 11.1. The number of nitrogens with one attached hydrogen (secondary N) is 1. The molecular weight excluding hydrogens is 235 g/mol. The molecule has 1 aromatic rings. The fourth-order valence-corrected chi connectivity index (χ4v) is 1.23. The van der Waals surface area contributed by atoms with Crippen molar-refractivity contribution in [2.75, 3.05) is 6.54 Å². The Hall–Kier alpha value is -2.35. The lowest BCUT2D eigenvalue weighted by Crippen LogP contribution is -2.36. The topological polar surface area (TPSA) is 62.1 Å². The van der Waals surface area contributed by atoms with Crippen molar-refractivity contribution in [2.24, 2.45) is 0 Å². The molecular formula is C13H13FN2O2. The summed E-state index contributed by atoms with van der Waals surface area (Å²) in [6.07, 6.45) is 0.795.